The number of anilines is 1. The lowest BCUT2D eigenvalue weighted by molar-refractivity contribution is -0.140. The highest BCUT2D eigenvalue weighted by atomic mass is 16.6. The van der Waals surface area contributed by atoms with Gasteiger partial charge in [0.1, 0.15) is 23.4 Å². The molecule has 0 bridgehead atoms. The number of carbonyl (C=O) groups excluding carboxylic acids is 3. The lowest BCUT2D eigenvalue weighted by Crippen LogP contribution is -2.53. The molecule has 0 spiro atoms. The van der Waals surface area contributed by atoms with E-state index in [9.17, 15) is 19.5 Å². The Morgan fingerprint density at radius 2 is 1.50 bits per heavy atom. The van der Waals surface area contributed by atoms with E-state index < -0.39 is 29.7 Å². The SMILES string of the molecule is CCCCCCCN(C(=O)C(Cc1ccccc1)NC(=O)OC(C)(C)C)C(C(=O)Nc1ccccc1C)c1ccc(O)cc1. The van der Waals surface area contributed by atoms with Gasteiger partial charge in [0.05, 0.1) is 0 Å². The Bertz CT molecular complexity index is 1350. The number of benzene rings is 3. The predicted molar refractivity (Wildman–Crippen MR) is 174 cm³/mol. The summed E-state index contributed by atoms with van der Waals surface area (Å²) in [4.78, 5) is 43.3. The van der Waals surface area contributed by atoms with Crippen molar-refractivity contribution in [1.29, 1.82) is 0 Å². The van der Waals surface area contributed by atoms with Crippen molar-refractivity contribution < 1.29 is 24.2 Å². The largest absolute Gasteiger partial charge is 0.508 e. The first kappa shape index (κ1) is 34.2. The van der Waals surface area contributed by atoms with Crippen LogP contribution in [0, 0.1) is 6.92 Å². The normalized spacial score (nSPS) is 12.6. The number of nitrogens with zero attached hydrogens (tertiary/aromatic N) is 1. The van der Waals surface area contributed by atoms with Crippen LogP contribution in [0.15, 0.2) is 78.9 Å². The number of rotatable bonds is 14. The Morgan fingerprint density at radius 3 is 2.14 bits per heavy atom. The van der Waals surface area contributed by atoms with Gasteiger partial charge in [-0.2, -0.15) is 0 Å². The summed E-state index contributed by atoms with van der Waals surface area (Å²) in [6, 6.07) is 21.2. The zero-order valence-electron chi connectivity index (χ0n) is 26.6. The Hall–Kier alpha value is -4.33. The third-order valence-corrected chi connectivity index (χ3v) is 7.23. The number of phenolic OH excluding ortho intramolecular Hbond substituents is 1. The van der Waals surface area contributed by atoms with Crippen LogP contribution in [-0.4, -0.2) is 46.1 Å². The van der Waals surface area contributed by atoms with Crippen molar-refractivity contribution in [3.05, 3.63) is 95.6 Å². The van der Waals surface area contributed by atoms with Crippen molar-refractivity contribution in [2.75, 3.05) is 11.9 Å². The average molecular weight is 602 g/mol. The predicted octanol–water partition coefficient (Wildman–Crippen LogP) is 7.32. The van der Waals surface area contributed by atoms with Crippen molar-refractivity contribution in [2.45, 2.75) is 90.8 Å². The summed E-state index contributed by atoms with van der Waals surface area (Å²) < 4.78 is 5.53. The number of unbranched alkanes of at least 4 members (excludes halogenated alkanes) is 4. The Labute approximate surface area is 261 Å². The van der Waals surface area contributed by atoms with Crippen molar-refractivity contribution in [3.8, 4) is 5.75 Å². The number of nitrogens with one attached hydrogen (secondary N) is 2. The Kier molecular flexibility index (Phi) is 12.8. The number of aromatic hydroxyl groups is 1. The van der Waals surface area contributed by atoms with Crippen molar-refractivity contribution in [3.63, 3.8) is 0 Å². The van der Waals surface area contributed by atoms with Gasteiger partial charge in [-0.15, -0.1) is 0 Å². The molecule has 0 aliphatic rings. The summed E-state index contributed by atoms with van der Waals surface area (Å²) in [6.45, 7) is 9.64. The van der Waals surface area contributed by atoms with Crippen molar-refractivity contribution in [1.82, 2.24) is 10.2 Å². The van der Waals surface area contributed by atoms with Gasteiger partial charge in [-0.1, -0.05) is 93.3 Å². The van der Waals surface area contributed by atoms with Crippen LogP contribution in [0.5, 0.6) is 5.75 Å². The smallest absolute Gasteiger partial charge is 0.408 e. The van der Waals surface area contributed by atoms with E-state index in [2.05, 4.69) is 17.6 Å². The maximum Gasteiger partial charge on any atom is 0.408 e. The molecule has 3 aromatic rings. The summed E-state index contributed by atoms with van der Waals surface area (Å²) in [6.07, 6.45) is 4.26. The number of carbonyl (C=O) groups is 3. The minimum absolute atomic E-state index is 0.0535. The molecule has 0 aromatic heterocycles. The molecule has 236 valence electrons. The zero-order chi connectivity index (χ0) is 32.1. The topological polar surface area (TPSA) is 108 Å². The van der Waals surface area contributed by atoms with Gasteiger partial charge in [0, 0.05) is 18.7 Å². The minimum Gasteiger partial charge on any atom is -0.508 e. The van der Waals surface area contributed by atoms with E-state index in [1.807, 2.05) is 61.5 Å². The molecule has 2 unspecified atom stereocenters. The van der Waals surface area contributed by atoms with Crippen LogP contribution in [0.4, 0.5) is 10.5 Å². The highest BCUT2D eigenvalue weighted by Crippen LogP contribution is 2.28. The summed E-state index contributed by atoms with van der Waals surface area (Å²) in [5.41, 5.74) is 2.17. The van der Waals surface area contributed by atoms with Gasteiger partial charge >= 0.3 is 6.09 Å². The average Bonchev–Trinajstić information content (AvgIpc) is 2.97. The maximum atomic E-state index is 14.6. The molecule has 0 saturated heterocycles. The second-order valence-electron chi connectivity index (χ2n) is 12.1. The van der Waals surface area contributed by atoms with Crippen LogP contribution in [0.1, 0.15) is 82.5 Å². The van der Waals surface area contributed by atoms with Crippen molar-refractivity contribution >= 4 is 23.6 Å². The molecule has 0 aliphatic carbocycles. The number of amides is 3. The monoisotopic (exact) mass is 601 g/mol. The lowest BCUT2D eigenvalue weighted by Gasteiger charge is -2.35. The van der Waals surface area contributed by atoms with Crippen LogP contribution in [-0.2, 0) is 20.7 Å². The molecule has 44 heavy (non-hydrogen) atoms. The van der Waals surface area contributed by atoms with E-state index in [0.717, 1.165) is 36.8 Å². The number of alkyl carbamates (subject to hydrolysis) is 1. The van der Waals surface area contributed by atoms with Gasteiger partial charge in [0.15, 0.2) is 0 Å². The fourth-order valence-corrected chi connectivity index (χ4v) is 5.00. The number of aryl methyl sites for hydroxylation is 1. The molecule has 3 rings (SSSR count). The van der Waals surface area contributed by atoms with E-state index in [-0.39, 0.29) is 18.1 Å². The van der Waals surface area contributed by atoms with Crippen LogP contribution in [0.2, 0.25) is 0 Å². The van der Waals surface area contributed by atoms with Gasteiger partial charge in [-0.05, 0) is 69.0 Å². The van der Waals surface area contributed by atoms with Gasteiger partial charge in [0.25, 0.3) is 5.91 Å². The highest BCUT2D eigenvalue weighted by Gasteiger charge is 2.36. The molecule has 0 heterocycles. The van der Waals surface area contributed by atoms with Gasteiger partial charge in [0.2, 0.25) is 5.91 Å². The van der Waals surface area contributed by atoms with E-state index in [4.69, 9.17) is 4.74 Å². The molecule has 3 aromatic carbocycles. The first-order chi connectivity index (χ1) is 21.0. The third-order valence-electron chi connectivity index (χ3n) is 7.23. The van der Waals surface area contributed by atoms with Crippen LogP contribution < -0.4 is 10.6 Å². The van der Waals surface area contributed by atoms with E-state index in [1.54, 1.807) is 37.8 Å². The molecule has 3 N–H and O–H groups in total. The molecule has 0 saturated carbocycles. The molecule has 0 radical (unpaired) electrons. The Morgan fingerprint density at radius 1 is 0.864 bits per heavy atom. The highest BCUT2D eigenvalue weighted by molar-refractivity contribution is 5.99. The van der Waals surface area contributed by atoms with E-state index in [0.29, 0.717) is 24.2 Å². The number of ether oxygens (including phenoxy) is 1. The van der Waals surface area contributed by atoms with Crippen LogP contribution in [0.25, 0.3) is 0 Å². The second-order valence-corrected chi connectivity index (χ2v) is 12.1. The molecule has 2 atom stereocenters. The third kappa shape index (κ3) is 10.7. The molecule has 3 amide bonds. The van der Waals surface area contributed by atoms with Gasteiger partial charge in [-0.25, -0.2) is 4.79 Å². The van der Waals surface area contributed by atoms with Crippen LogP contribution >= 0.6 is 0 Å². The fraction of sp³-hybridized carbons (Fsp3) is 0.417. The molecule has 8 nitrogen and oxygen atoms in total. The molecule has 0 aliphatic heterocycles. The first-order valence-electron chi connectivity index (χ1n) is 15.5. The maximum absolute atomic E-state index is 14.6. The van der Waals surface area contributed by atoms with Gasteiger partial charge < -0.3 is 25.4 Å². The number of hydrogen-bond acceptors (Lipinski definition) is 5. The molecule has 0 fully saturated rings. The van der Waals surface area contributed by atoms with Gasteiger partial charge in [-0.3, -0.25) is 9.59 Å². The summed E-state index contributed by atoms with van der Waals surface area (Å²) >= 11 is 0. The molecule has 8 heteroatoms. The second kappa shape index (κ2) is 16.5. The van der Waals surface area contributed by atoms with Crippen LogP contribution in [0.3, 0.4) is 0 Å². The van der Waals surface area contributed by atoms with E-state index >= 15 is 0 Å². The lowest BCUT2D eigenvalue weighted by atomic mass is 9.99. The number of para-hydroxylation sites is 1. The molecular weight excluding hydrogens is 554 g/mol. The summed E-state index contributed by atoms with van der Waals surface area (Å²) in [5, 5.41) is 15.8. The fourth-order valence-electron chi connectivity index (χ4n) is 5.00. The van der Waals surface area contributed by atoms with E-state index in [1.165, 1.54) is 12.1 Å². The first-order valence-corrected chi connectivity index (χ1v) is 15.5. The zero-order valence-corrected chi connectivity index (χ0v) is 26.6. The standard InChI is InChI=1S/C36H47N3O5/c1-6-7-8-9-15-24-39(34(42)31(25-27-17-11-10-12-18-27)38-35(43)44-36(3,4)5)32(28-20-22-29(40)23-21-28)33(41)37-30-19-14-13-16-26(30)2/h10-14,16-23,31-32,40H,6-9,15,24-25H2,1-5H3,(H,37,41)(H,38,43). The quantitative estimate of drug-likeness (QED) is 0.168. The summed E-state index contributed by atoms with van der Waals surface area (Å²) in [7, 11) is 0. The molecular formula is C36H47N3O5. The number of hydrogen-bond donors (Lipinski definition) is 3. The Balaban J connectivity index is 2.05. The number of phenols is 1. The summed E-state index contributed by atoms with van der Waals surface area (Å²) in [5.74, 6) is -0.728. The van der Waals surface area contributed by atoms with Crippen molar-refractivity contribution in [2.24, 2.45) is 0 Å². The minimum atomic E-state index is -1.02.